The van der Waals surface area contributed by atoms with Crippen LogP contribution in [0.4, 0.5) is 0 Å². The normalized spacial score (nSPS) is 27.2. The number of fused-ring (bicyclic) bond motifs is 1. The lowest BCUT2D eigenvalue weighted by atomic mass is 10.2. The highest BCUT2D eigenvalue weighted by Crippen LogP contribution is 2.47. The second-order valence-corrected chi connectivity index (χ2v) is 8.52. The van der Waals surface area contributed by atoms with Crippen LogP contribution in [0.5, 0.6) is 0 Å². The molecule has 1 saturated heterocycles. The zero-order chi connectivity index (χ0) is 19.1. The molecule has 1 amide bonds. The monoisotopic (exact) mass is 380 g/mol. The minimum absolute atomic E-state index is 0.0335. The Morgan fingerprint density at radius 1 is 1.18 bits per heavy atom. The summed E-state index contributed by atoms with van der Waals surface area (Å²) < 4.78 is 8.16. The van der Waals surface area contributed by atoms with Crippen molar-refractivity contribution in [3.8, 4) is 0 Å². The SMILES string of the molecule is C[C@@H]1C[C@@H]1c1ccc(/C=C/C(=O)N2CCC[C@H]2c2nnc3n2CCCCC3)o1. The van der Waals surface area contributed by atoms with Crippen LogP contribution in [0.15, 0.2) is 22.6 Å². The van der Waals surface area contributed by atoms with Crippen molar-refractivity contribution in [2.45, 2.75) is 70.4 Å². The molecule has 2 aromatic rings. The summed E-state index contributed by atoms with van der Waals surface area (Å²) in [5.41, 5.74) is 0. The predicted molar refractivity (Wildman–Crippen MR) is 106 cm³/mol. The van der Waals surface area contributed by atoms with Crippen LogP contribution in [0.1, 0.15) is 80.6 Å². The first-order valence-electron chi connectivity index (χ1n) is 10.7. The number of hydrogen-bond acceptors (Lipinski definition) is 4. The van der Waals surface area contributed by atoms with E-state index in [-0.39, 0.29) is 11.9 Å². The number of aryl methyl sites for hydroxylation is 1. The van der Waals surface area contributed by atoms with Crippen molar-refractivity contribution in [3.05, 3.63) is 41.4 Å². The Bertz CT molecular complexity index is 896. The van der Waals surface area contributed by atoms with Gasteiger partial charge < -0.3 is 13.9 Å². The van der Waals surface area contributed by atoms with Crippen molar-refractivity contribution in [1.82, 2.24) is 19.7 Å². The van der Waals surface area contributed by atoms with Gasteiger partial charge in [-0.05, 0) is 56.2 Å². The van der Waals surface area contributed by atoms with Crippen molar-refractivity contribution in [2.24, 2.45) is 5.92 Å². The maximum atomic E-state index is 12.9. The first kappa shape index (κ1) is 17.7. The van der Waals surface area contributed by atoms with Gasteiger partial charge in [0.25, 0.3) is 0 Å². The van der Waals surface area contributed by atoms with Crippen molar-refractivity contribution in [3.63, 3.8) is 0 Å². The quantitative estimate of drug-likeness (QED) is 0.749. The number of furan rings is 1. The predicted octanol–water partition coefficient (Wildman–Crippen LogP) is 4.10. The molecule has 6 nitrogen and oxygen atoms in total. The van der Waals surface area contributed by atoms with E-state index in [1.807, 2.05) is 17.0 Å². The molecule has 148 valence electrons. The third-order valence-electron chi connectivity index (χ3n) is 6.48. The van der Waals surface area contributed by atoms with E-state index in [9.17, 15) is 4.79 Å². The molecule has 4 heterocycles. The Morgan fingerprint density at radius 3 is 2.93 bits per heavy atom. The zero-order valence-corrected chi connectivity index (χ0v) is 16.5. The molecule has 0 bridgehead atoms. The van der Waals surface area contributed by atoms with Crippen molar-refractivity contribution in [1.29, 1.82) is 0 Å². The molecule has 0 unspecified atom stereocenters. The van der Waals surface area contributed by atoms with Gasteiger partial charge >= 0.3 is 0 Å². The minimum Gasteiger partial charge on any atom is -0.461 e. The summed E-state index contributed by atoms with van der Waals surface area (Å²) in [7, 11) is 0. The van der Waals surface area contributed by atoms with Crippen LogP contribution in [0, 0.1) is 5.92 Å². The van der Waals surface area contributed by atoms with Gasteiger partial charge in [-0.25, -0.2) is 0 Å². The van der Waals surface area contributed by atoms with E-state index in [4.69, 9.17) is 4.42 Å². The lowest BCUT2D eigenvalue weighted by Gasteiger charge is -2.23. The molecular weight excluding hydrogens is 352 g/mol. The molecule has 0 N–H and O–H groups in total. The third-order valence-corrected chi connectivity index (χ3v) is 6.48. The minimum atomic E-state index is 0.0335. The Balaban J connectivity index is 1.30. The summed E-state index contributed by atoms with van der Waals surface area (Å²) in [6.45, 7) is 3.99. The molecule has 28 heavy (non-hydrogen) atoms. The van der Waals surface area contributed by atoms with Gasteiger partial charge in [0.05, 0.1) is 6.04 Å². The van der Waals surface area contributed by atoms with Gasteiger partial charge in [0.15, 0.2) is 5.82 Å². The molecule has 0 radical (unpaired) electrons. The van der Waals surface area contributed by atoms with Crippen LogP contribution in [-0.4, -0.2) is 32.1 Å². The molecule has 0 aromatic carbocycles. The summed E-state index contributed by atoms with van der Waals surface area (Å²) in [5, 5.41) is 8.91. The van der Waals surface area contributed by atoms with Gasteiger partial charge in [-0.2, -0.15) is 0 Å². The van der Waals surface area contributed by atoms with Gasteiger partial charge in [-0.3, -0.25) is 4.79 Å². The molecule has 2 fully saturated rings. The Morgan fingerprint density at radius 2 is 2.07 bits per heavy atom. The second-order valence-electron chi connectivity index (χ2n) is 8.52. The van der Waals surface area contributed by atoms with E-state index in [0.29, 0.717) is 11.8 Å². The number of carbonyl (C=O) groups is 1. The Hall–Kier alpha value is -2.37. The molecule has 2 aromatic heterocycles. The fourth-order valence-electron chi connectivity index (χ4n) is 4.68. The van der Waals surface area contributed by atoms with Crippen LogP contribution >= 0.6 is 0 Å². The first-order valence-corrected chi connectivity index (χ1v) is 10.7. The van der Waals surface area contributed by atoms with Crippen LogP contribution in [0.3, 0.4) is 0 Å². The second kappa shape index (κ2) is 7.22. The summed E-state index contributed by atoms with van der Waals surface area (Å²) >= 11 is 0. The van der Waals surface area contributed by atoms with Crippen LogP contribution in [0.2, 0.25) is 0 Å². The fraction of sp³-hybridized carbons (Fsp3) is 0.591. The van der Waals surface area contributed by atoms with Crippen LogP contribution < -0.4 is 0 Å². The largest absolute Gasteiger partial charge is 0.461 e. The van der Waals surface area contributed by atoms with E-state index in [0.717, 1.165) is 55.5 Å². The Labute approximate surface area is 165 Å². The third kappa shape index (κ3) is 3.29. The summed E-state index contributed by atoms with van der Waals surface area (Å²) in [6, 6.07) is 4.04. The van der Waals surface area contributed by atoms with Crippen molar-refractivity contribution < 1.29 is 9.21 Å². The maximum Gasteiger partial charge on any atom is 0.247 e. The summed E-state index contributed by atoms with van der Waals surface area (Å²) in [6.07, 6.45) is 11.2. The highest BCUT2D eigenvalue weighted by atomic mass is 16.3. The number of rotatable bonds is 4. The first-order chi connectivity index (χ1) is 13.7. The number of amides is 1. The average molecular weight is 380 g/mol. The number of carbonyl (C=O) groups excluding carboxylic acids is 1. The molecular formula is C22H28N4O2. The molecule has 5 rings (SSSR count). The number of nitrogens with zero attached hydrogens (tertiary/aromatic N) is 4. The highest BCUT2D eigenvalue weighted by molar-refractivity contribution is 5.91. The molecule has 6 heteroatoms. The zero-order valence-electron chi connectivity index (χ0n) is 16.5. The molecule has 2 aliphatic heterocycles. The van der Waals surface area contributed by atoms with E-state index in [2.05, 4.69) is 21.7 Å². The van der Waals surface area contributed by atoms with Gasteiger partial charge in [0, 0.05) is 31.5 Å². The van der Waals surface area contributed by atoms with Gasteiger partial charge in [-0.15, -0.1) is 10.2 Å². The van der Waals surface area contributed by atoms with E-state index in [1.165, 1.54) is 25.7 Å². The van der Waals surface area contributed by atoms with Gasteiger partial charge in [0.2, 0.25) is 5.91 Å². The van der Waals surface area contributed by atoms with E-state index in [1.54, 1.807) is 12.2 Å². The lowest BCUT2D eigenvalue weighted by molar-refractivity contribution is -0.127. The molecule has 1 saturated carbocycles. The Kier molecular flexibility index (Phi) is 4.57. The topological polar surface area (TPSA) is 64.2 Å². The summed E-state index contributed by atoms with van der Waals surface area (Å²) in [5.74, 6) is 5.17. The highest BCUT2D eigenvalue weighted by Gasteiger charge is 2.36. The number of hydrogen-bond donors (Lipinski definition) is 0. The summed E-state index contributed by atoms with van der Waals surface area (Å²) in [4.78, 5) is 14.9. The standard InChI is InChI=1S/C22H28N4O2/c1-15-14-17(15)19-10-8-16(28-19)9-11-21(27)25-13-5-6-18(25)22-24-23-20-7-3-2-4-12-26(20)22/h8-11,15,17-18H,2-7,12-14H2,1H3/b11-9+/t15-,17+,18+/m1/s1. The molecule has 3 aliphatic rings. The van der Waals surface area contributed by atoms with Crippen LogP contribution in [0.25, 0.3) is 6.08 Å². The molecule has 1 aliphatic carbocycles. The molecule has 3 atom stereocenters. The average Bonchev–Trinajstić information content (AvgIpc) is 3.08. The number of likely N-dealkylation sites (tertiary alicyclic amines) is 1. The van der Waals surface area contributed by atoms with Crippen molar-refractivity contribution in [2.75, 3.05) is 6.54 Å². The van der Waals surface area contributed by atoms with E-state index >= 15 is 0 Å². The maximum absolute atomic E-state index is 12.9. The smallest absolute Gasteiger partial charge is 0.247 e. The lowest BCUT2D eigenvalue weighted by Crippen LogP contribution is -2.30. The molecule has 0 spiro atoms. The van der Waals surface area contributed by atoms with Gasteiger partial charge in [0.1, 0.15) is 17.3 Å². The van der Waals surface area contributed by atoms with Gasteiger partial charge in [-0.1, -0.05) is 13.3 Å². The number of aromatic nitrogens is 3. The van der Waals surface area contributed by atoms with E-state index < -0.39 is 0 Å². The van der Waals surface area contributed by atoms with Crippen LogP contribution in [-0.2, 0) is 17.8 Å². The fourth-order valence-corrected chi connectivity index (χ4v) is 4.68. The van der Waals surface area contributed by atoms with Crippen molar-refractivity contribution >= 4 is 12.0 Å².